The molecule has 0 heterocycles. The molecule has 0 saturated carbocycles. The van der Waals surface area contributed by atoms with Gasteiger partial charge in [0.1, 0.15) is 6.61 Å². The summed E-state index contributed by atoms with van der Waals surface area (Å²) < 4.78 is 20.6. The fourth-order valence-electron chi connectivity index (χ4n) is 3.51. The average Bonchev–Trinajstić information content (AvgIpc) is 2.82. The Balaban J connectivity index is 1.64. The van der Waals surface area contributed by atoms with Gasteiger partial charge in [-0.25, -0.2) is 4.39 Å². The van der Waals surface area contributed by atoms with Gasteiger partial charge in [0.2, 0.25) is 0 Å². The van der Waals surface area contributed by atoms with E-state index in [4.69, 9.17) is 16.3 Å². The van der Waals surface area contributed by atoms with Crippen molar-refractivity contribution in [3.8, 4) is 16.9 Å². The molecule has 0 aliphatic rings. The minimum Gasteiger partial charge on any atom is -0.486 e. The molecule has 3 heteroatoms. The SMILES string of the molecule is C/C=C/CCc1ccc(COc2ccc(-c3ccc(CC/C=C/C)cc3)c(Cl)c2F)cc1. The highest BCUT2D eigenvalue weighted by molar-refractivity contribution is 6.33. The van der Waals surface area contributed by atoms with Gasteiger partial charge in [0, 0.05) is 5.56 Å². The van der Waals surface area contributed by atoms with Crippen LogP contribution in [-0.2, 0) is 19.4 Å². The molecule has 0 N–H and O–H groups in total. The molecular formula is C29H30ClFO. The summed E-state index contributed by atoms with van der Waals surface area (Å²) in [5, 5.41) is 0.0866. The normalized spacial score (nSPS) is 11.5. The van der Waals surface area contributed by atoms with Crippen molar-refractivity contribution in [2.24, 2.45) is 0 Å². The first kappa shape index (κ1) is 23.8. The topological polar surface area (TPSA) is 9.23 Å². The van der Waals surface area contributed by atoms with Gasteiger partial charge < -0.3 is 4.74 Å². The van der Waals surface area contributed by atoms with Crippen molar-refractivity contribution >= 4 is 11.6 Å². The van der Waals surface area contributed by atoms with E-state index < -0.39 is 5.82 Å². The Morgan fingerprint density at radius 1 is 0.750 bits per heavy atom. The van der Waals surface area contributed by atoms with Crippen LogP contribution in [-0.4, -0.2) is 0 Å². The fourth-order valence-corrected chi connectivity index (χ4v) is 3.78. The van der Waals surface area contributed by atoms with Crippen molar-refractivity contribution in [2.75, 3.05) is 0 Å². The summed E-state index contributed by atoms with van der Waals surface area (Å²) in [6.45, 7) is 4.35. The zero-order valence-corrected chi connectivity index (χ0v) is 19.5. The van der Waals surface area contributed by atoms with E-state index >= 15 is 0 Å². The third kappa shape index (κ3) is 6.58. The summed E-state index contributed by atoms with van der Waals surface area (Å²) in [4.78, 5) is 0. The van der Waals surface area contributed by atoms with E-state index in [2.05, 4.69) is 48.6 Å². The summed E-state index contributed by atoms with van der Waals surface area (Å²) >= 11 is 6.37. The maximum Gasteiger partial charge on any atom is 0.184 e. The Hall–Kier alpha value is -2.84. The highest BCUT2D eigenvalue weighted by Gasteiger charge is 2.14. The van der Waals surface area contributed by atoms with E-state index in [0.29, 0.717) is 12.2 Å². The third-order valence-electron chi connectivity index (χ3n) is 5.40. The Bertz CT molecular complexity index is 1050. The molecule has 0 amide bonds. The Morgan fingerprint density at radius 3 is 1.84 bits per heavy atom. The molecule has 0 aromatic heterocycles. The summed E-state index contributed by atoms with van der Waals surface area (Å²) in [7, 11) is 0. The van der Waals surface area contributed by atoms with E-state index in [1.807, 2.05) is 44.2 Å². The number of hydrogen-bond donors (Lipinski definition) is 0. The summed E-state index contributed by atoms with van der Waals surface area (Å²) in [6.07, 6.45) is 12.5. The molecule has 0 fully saturated rings. The van der Waals surface area contributed by atoms with Crippen LogP contribution in [0.15, 0.2) is 85.0 Å². The van der Waals surface area contributed by atoms with Crippen molar-refractivity contribution in [1.29, 1.82) is 0 Å². The molecule has 3 aromatic carbocycles. The van der Waals surface area contributed by atoms with Crippen LogP contribution < -0.4 is 4.74 Å². The second kappa shape index (κ2) is 12.3. The Labute approximate surface area is 196 Å². The van der Waals surface area contributed by atoms with Crippen LogP contribution in [0.2, 0.25) is 5.02 Å². The number of allylic oxidation sites excluding steroid dienone is 4. The second-order valence-electron chi connectivity index (χ2n) is 7.76. The van der Waals surface area contributed by atoms with Crippen molar-refractivity contribution < 1.29 is 9.13 Å². The first-order valence-corrected chi connectivity index (χ1v) is 11.5. The summed E-state index contributed by atoms with van der Waals surface area (Å²) in [5.41, 5.74) is 5.08. The number of ether oxygens (including phenoxy) is 1. The molecule has 0 aliphatic carbocycles. The maximum absolute atomic E-state index is 14.9. The first-order chi connectivity index (χ1) is 15.6. The first-order valence-electron chi connectivity index (χ1n) is 11.1. The highest BCUT2D eigenvalue weighted by atomic mass is 35.5. The van der Waals surface area contributed by atoms with Gasteiger partial charge in [0.25, 0.3) is 0 Å². The minimum absolute atomic E-state index is 0.0866. The van der Waals surface area contributed by atoms with Crippen LogP contribution in [0.3, 0.4) is 0 Å². The van der Waals surface area contributed by atoms with E-state index in [0.717, 1.165) is 36.8 Å². The largest absolute Gasteiger partial charge is 0.486 e. The van der Waals surface area contributed by atoms with Crippen LogP contribution in [0, 0.1) is 5.82 Å². The molecule has 0 atom stereocenters. The van der Waals surface area contributed by atoms with Crippen molar-refractivity contribution in [1.82, 2.24) is 0 Å². The van der Waals surface area contributed by atoms with Crippen LogP contribution >= 0.6 is 11.6 Å². The molecule has 32 heavy (non-hydrogen) atoms. The second-order valence-corrected chi connectivity index (χ2v) is 8.13. The molecule has 0 saturated heterocycles. The summed E-state index contributed by atoms with van der Waals surface area (Å²) in [6, 6.07) is 19.8. The lowest BCUT2D eigenvalue weighted by Gasteiger charge is -2.12. The van der Waals surface area contributed by atoms with Gasteiger partial charge in [-0.3, -0.25) is 0 Å². The van der Waals surface area contributed by atoms with E-state index in [9.17, 15) is 4.39 Å². The number of aryl methyl sites for hydroxylation is 2. The van der Waals surface area contributed by atoms with Gasteiger partial charge in [-0.05, 0) is 73.9 Å². The van der Waals surface area contributed by atoms with Gasteiger partial charge in [-0.2, -0.15) is 0 Å². The number of benzene rings is 3. The van der Waals surface area contributed by atoms with Crippen molar-refractivity contribution in [3.05, 3.63) is 112 Å². The van der Waals surface area contributed by atoms with Crippen LogP contribution in [0.5, 0.6) is 5.75 Å². The molecule has 0 spiro atoms. The molecule has 0 unspecified atom stereocenters. The smallest absolute Gasteiger partial charge is 0.184 e. The molecule has 1 nitrogen and oxygen atoms in total. The van der Waals surface area contributed by atoms with Gasteiger partial charge in [0.15, 0.2) is 11.6 Å². The maximum atomic E-state index is 14.9. The number of rotatable bonds is 10. The standard InChI is InChI=1S/C29H30ClFO/c1-3-5-7-9-22-11-13-24(14-12-22)21-32-27-20-19-26(28(30)29(27)31)25-17-15-23(16-18-25)10-8-6-4-2/h3-6,11-20H,7-10,21H2,1-2H3/b5-3+,6-4+. The lowest BCUT2D eigenvalue weighted by Crippen LogP contribution is -1.99. The predicted octanol–water partition coefficient (Wildman–Crippen LogP) is 8.74. The zero-order valence-electron chi connectivity index (χ0n) is 18.8. The zero-order chi connectivity index (χ0) is 22.8. The van der Waals surface area contributed by atoms with E-state index in [1.54, 1.807) is 6.07 Å². The Morgan fingerprint density at radius 2 is 1.28 bits per heavy atom. The molecule has 166 valence electrons. The van der Waals surface area contributed by atoms with Crippen LogP contribution in [0.25, 0.3) is 11.1 Å². The number of halogens is 2. The lowest BCUT2D eigenvalue weighted by molar-refractivity contribution is 0.290. The summed E-state index contributed by atoms with van der Waals surface area (Å²) in [5.74, 6) is -0.358. The third-order valence-corrected chi connectivity index (χ3v) is 5.77. The molecule has 3 aromatic rings. The molecule has 0 bridgehead atoms. The van der Waals surface area contributed by atoms with Crippen LogP contribution in [0.1, 0.15) is 43.4 Å². The minimum atomic E-state index is -0.524. The lowest BCUT2D eigenvalue weighted by atomic mass is 10.0. The molecule has 0 radical (unpaired) electrons. The van der Waals surface area contributed by atoms with E-state index in [-0.39, 0.29) is 10.8 Å². The highest BCUT2D eigenvalue weighted by Crippen LogP contribution is 2.35. The van der Waals surface area contributed by atoms with Gasteiger partial charge in [-0.1, -0.05) is 84.4 Å². The van der Waals surface area contributed by atoms with Crippen molar-refractivity contribution in [2.45, 2.75) is 46.1 Å². The Kier molecular flexibility index (Phi) is 9.13. The average molecular weight is 449 g/mol. The molecular weight excluding hydrogens is 419 g/mol. The van der Waals surface area contributed by atoms with Gasteiger partial charge >= 0.3 is 0 Å². The van der Waals surface area contributed by atoms with Gasteiger partial charge in [-0.15, -0.1) is 0 Å². The molecule has 3 rings (SSSR count). The fraction of sp³-hybridized carbons (Fsp3) is 0.241. The number of hydrogen-bond acceptors (Lipinski definition) is 1. The predicted molar refractivity (Wildman–Crippen MR) is 134 cm³/mol. The van der Waals surface area contributed by atoms with E-state index in [1.165, 1.54) is 11.1 Å². The van der Waals surface area contributed by atoms with Gasteiger partial charge in [0.05, 0.1) is 5.02 Å². The van der Waals surface area contributed by atoms with Crippen LogP contribution in [0.4, 0.5) is 4.39 Å². The molecule has 0 aliphatic heterocycles. The monoisotopic (exact) mass is 448 g/mol. The van der Waals surface area contributed by atoms with Crippen molar-refractivity contribution in [3.63, 3.8) is 0 Å². The quantitative estimate of drug-likeness (QED) is 0.281.